The zero-order chi connectivity index (χ0) is 15.7. The summed E-state index contributed by atoms with van der Waals surface area (Å²) in [4.78, 5) is 23.8. The monoisotopic (exact) mass is 290 g/mol. The summed E-state index contributed by atoms with van der Waals surface area (Å²) in [6, 6.07) is 8.81. The molecule has 0 saturated heterocycles. The molecule has 1 rings (SSSR count). The molecular formula is C16H22N2O3. The van der Waals surface area contributed by atoms with Gasteiger partial charge in [0.25, 0.3) is 5.91 Å². The maximum absolute atomic E-state index is 11.9. The molecule has 5 heteroatoms. The van der Waals surface area contributed by atoms with Crippen LogP contribution in [0.25, 0.3) is 0 Å². The summed E-state index contributed by atoms with van der Waals surface area (Å²) >= 11 is 0. The van der Waals surface area contributed by atoms with Gasteiger partial charge in [-0.2, -0.15) is 5.10 Å². The van der Waals surface area contributed by atoms with Gasteiger partial charge in [0.1, 0.15) is 0 Å². The molecule has 1 aromatic rings. The largest absolute Gasteiger partial charge is 0.465 e. The summed E-state index contributed by atoms with van der Waals surface area (Å²) in [6.07, 6.45) is 1.48. The lowest BCUT2D eigenvalue weighted by Crippen LogP contribution is -2.27. The standard InChI is InChI=1S/C16H22N2O3/c1-4-9-14(16(20)21-5-2)12(3)17-18-15(19)13-10-7-6-8-11-13/h6-8,10-11,14H,4-5,9H2,1-3H3,(H,18,19)/b17-12+/t14-/m1/s1. The molecule has 0 saturated carbocycles. The Morgan fingerprint density at radius 1 is 1.24 bits per heavy atom. The summed E-state index contributed by atoms with van der Waals surface area (Å²) in [5, 5.41) is 4.04. The molecule has 0 radical (unpaired) electrons. The van der Waals surface area contributed by atoms with Crippen LogP contribution in [0.2, 0.25) is 0 Å². The molecule has 0 aliphatic rings. The van der Waals surface area contributed by atoms with E-state index in [1.165, 1.54) is 0 Å². The number of benzene rings is 1. The van der Waals surface area contributed by atoms with E-state index >= 15 is 0 Å². The first-order chi connectivity index (χ1) is 10.1. The third-order valence-corrected chi connectivity index (χ3v) is 3.02. The van der Waals surface area contributed by atoms with E-state index in [4.69, 9.17) is 4.74 Å². The van der Waals surface area contributed by atoms with Crippen LogP contribution in [-0.2, 0) is 9.53 Å². The Kier molecular flexibility index (Phi) is 7.15. The van der Waals surface area contributed by atoms with E-state index in [0.717, 1.165) is 6.42 Å². The molecule has 0 aromatic heterocycles. The molecule has 0 fully saturated rings. The molecule has 0 aliphatic carbocycles. The molecule has 1 aromatic carbocycles. The summed E-state index contributed by atoms with van der Waals surface area (Å²) in [7, 11) is 0. The van der Waals surface area contributed by atoms with E-state index in [1.54, 1.807) is 38.1 Å². The van der Waals surface area contributed by atoms with Crippen molar-refractivity contribution in [2.75, 3.05) is 6.61 Å². The van der Waals surface area contributed by atoms with Crippen LogP contribution >= 0.6 is 0 Å². The lowest BCUT2D eigenvalue weighted by molar-refractivity contribution is -0.145. The number of hydrogen-bond acceptors (Lipinski definition) is 4. The highest BCUT2D eigenvalue weighted by Crippen LogP contribution is 2.11. The van der Waals surface area contributed by atoms with Gasteiger partial charge in [-0.1, -0.05) is 31.5 Å². The van der Waals surface area contributed by atoms with Crippen LogP contribution in [0, 0.1) is 5.92 Å². The second kappa shape index (κ2) is 8.89. The van der Waals surface area contributed by atoms with Gasteiger partial charge in [0.05, 0.1) is 12.5 Å². The average Bonchev–Trinajstić information content (AvgIpc) is 2.51. The highest BCUT2D eigenvalue weighted by Gasteiger charge is 2.22. The molecule has 1 N–H and O–H groups in total. The van der Waals surface area contributed by atoms with Crippen LogP contribution < -0.4 is 5.43 Å². The zero-order valence-corrected chi connectivity index (χ0v) is 12.8. The number of rotatable bonds is 7. The fourth-order valence-electron chi connectivity index (χ4n) is 1.90. The predicted octanol–water partition coefficient (Wildman–Crippen LogP) is 2.77. The highest BCUT2D eigenvalue weighted by atomic mass is 16.5. The van der Waals surface area contributed by atoms with E-state index in [0.29, 0.717) is 24.3 Å². The molecule has 0 heterocycles. The van der Waals surface area contributed by atoms with Crippen LogP contribution in [0.4, 0.5) is 0 Å². The van der Waals surface area contributed by atoms with Gasteiger partial charge in [0.15, 0.2) is 0 Å². The molecule has 0 spiro atoms. The topological polar surface area (TPSA) is 67.8 Å². The zero-order valence-electron chi connectivity index (χ0n) is 12.8. The Morgan fingerprint density at radius 3 is 2.48 bits per heavy atom. The Balaban J connectivity index is 2.72. The smallest absolute Gasteiger partial charge is 0.314 e. The van der Waals surface area contributed by atoms with Gasteiger partial charge in [-0.3, -0.25) is 9.59 Å². The lowest BCUT2D eigenvalue weighted by atomic mass is 9.99. The van der Waals surface area contributed by atoms with E-state index in [1.807, 2.05) is 13.0 Å². The minimum atomic E-state index is -0.411. The number of nitrogens with zero attached hydrogens (tertiary/aromatic N) is 1. The molecule has 0 unspecified atom stereocenters. The van der Waals surface area contributed by atoms with Crippen molar-refractivity contribution < 1.29 is 14.3 Å². The van der Waals surface area contributed by atoms with Crippen molar-refractivity contribution in [3.8, 4) is 0 Å². The third kappa shape index (κ3) is 5.38. The Labute approximate surface area is 125 Å². The first kappa shape index (κ1) is 16.9. The minimum Gasteiger partial charge on any atom is -0.465 e. The van der Waals surface area contributed by atoms with Gasteiger partial charge in [0, 0.05) is 11.3 Å². The quantitative estimate of drug-likeness (QED) is 0.477. The first-order valence-electron chi connectivity index (χ1n) is 7.16. The molecule has 21 heavy (non-hydrogen) atoms. The maximum Gasteiger partial charge on any atom is 0.314 e. The minimum absolute atomic E-state index is 0.297. The first-order valence-corrected chi connectivity index (χ1v) is 7.16. The van der Waals surface area contributed by atoms with Gasteiger partial charge in [-0.25, -0.2) is 5.43 Å². The number of esters is 1. The second-order valence-electron chi connectivity index (χ2n) is 4.65. The van der Waals surface area contributed by atoms with Crippen molar-refractivity contribution in [1.82, 2.24) is 5.43 Å². The number of hydrogen-bond donors (Lipinski definition) is 1. The SMILES string of the molecule is CCC[C@@H](C(=O)OCC)/C(C)=N/NC(=O)c1ccccc1. The summed E-state index contributed by atoms with van der Waals surface area (Å²) in [5.41, 5.74) is 3.56. The van der Waals surface area contributed by atoms with E-state index in [9.17, 15) is 9.59 Å². The van der Waals surface area contributed by atoms with Crippen molar-refractivity contribution >= 4 is 17.6 Å². The van der Waals surface area contributed by atoms with E-state index in [-0.39, 0.29) is 11.9 Å². The molecular weight excluding hydrogens is 268 g/mol. The maximum atomic E-state index is 11.9. The Morgan fingerprint density at radius 2 is 1.90 bits per heavy atom. The van der Waals surface area contributed by atoms with Crippen molar-refractivity contribution in [3.05, 3.63) is 35.9 Å². The predicted molar refractivity (Wildman–Crippen MR) is 82.0 cm³/mol. The van der Waals surface area contributed by atoms with Crippen molar-refractivity contribution in [1.29, 1.82) is 0 Å². The van der Waals surface area contributed by atoms with Crippen molar-refractivity contribution in [2.24, 2.45) is 11.0 Å². The lowest BCUT2D eigenvalue weighted by Gasteiger charge is -2.14. The second-order valence-corrected chi connectivity index (χ2v) is 4.65. The average molecular weight is 290 g/mol. The van der Waals surface area contributed by atoms with Gasteiger partial charge in [0.2, 0.25) is 0 Å². The number of hydrazone groups is 1. The molecule has 114 valence electrons. The van der Waals surface area contributed by atoms with Crippen LogP contribution in [0.3, 0.4) is 0 Å². The number of ether oxygens (including phenoxy) is 1. The summed E-state index contributed by atoms with van der Waals surface area (Å²) < 4.78 is 5.04. The Bertz CT molecular complexity index is 498. The molecule has 1 amide bonds. The fraction of sp³-hybridized carbons (Fsp3) is 0.438. The number of carbonyl (C=O) groups is 2. The fourth-order valence-corrected chi connectivity index (χ4v) is 1.90. The van der Waals surface area contributed by atoms with Crippen molar-refractivity contribution in [3.63, 3.8) is 0 Å². The molecule has 0 aliphatic heterocycles. The van der Waals surface area contributed by atoms with Crippen molar-refractivity contribution in [2.45, 2.75) is 33.6 Å². The van der Waals surface area contributed by atoms with Gasteiger partial charge < -0.3 is 4.74 Å². The highest BCUT2D eigenvalue weighted by molar-refractivity contribution is 6.02. The van der Waals surface area contributed by atoms with Crippen LogP contribution in [0.1, 0.15) is 44.0 Å². The molecule has 1 atom stereocenters. The summed E-state index contributed by atoms with van der Waals surface area (Å²) in [6.45, 7) is 5.82. The van der Waals surface area contributed by atoms with Crippen LogP contribution in [0.5, 0.6) is 0 Å². The van der Waals surface area contributed by atoms with E-state index < -0.39 is 5.92 Å². The normalized spacial score (nSPS) is 12.6. The number of carbonyl (C=O) groups excluding carboxylic acids is 2. The number of nitrogens with one attached hydrogen (secondary N) is 1. The Hall–Kier alpha value is -2.17. The number of amides is 1. The van der Waals surface area contributed by atoms with Gasteiger partial charge in [-0.15, -0.1) is 0 Å². The third-order valence-electron chi connectivity index (χ3n) is 3.02. The van der Waals surface area contributed by atoms with Gasteiger partial charge in [-0.05, 0) is 32.4 Å². The van der Waals surface area contributed by atoms with Crippen LogP contribution in [0.15, 0.2) is 35.4 Å². The molecule has 5 nitrogen and oxygen atoms in total. The van der Waals surface area contributed by atoms with Gasteiger partial charge >= 0.3 is 5.97 Å². The van der Waals surface area contributed by atoms with Crippen LogP contribution in [-0.4, -0.2) is 24.2 Å². The van der Waals surface area contributed by atoms with E-state index in [2.05, 4.69) is 10.5 Å². The molecule has 0 bridgehead atoms. The summed E-state index contributed by atoms with van der Waals surface area (Å²) in [5.74, 6) is -1.00.